The third-order valence-corrected chi connectivity index (χ3v) is 2.59. The molecule has 0 aliphatic rings. The summed E-state index contributed by atoms with van der Waals surface area (Å²) in [5.74, 6) is 1.01. The predicted molar refractivity (Wildman–Crippen MR) is 64.0 cm³/mol. The molecule has 0 atom stereocenters. The van der Waals surface area contributed by atoms with Crippen molar-refractivity contribution in [2.45, 2.75) is 65.9 Å². The van der Waals surface area contributed by atoms with Gasteiger partial charge in [0.05, 0.1) is 5.60 Å². The molecule has 0 bridgehead atoms. The van der Waals surface area contributed by atoms with Gasteiger partial charge in [0, 0.05) is 19.4 Å². The molecule has 0 fully saturated rings. The molecule has 2 nitrogen and oxygen atoms in total. The Labute approximate surface area is 94.4 Å². The van der Waals surface area contributed by atoms with Gasteiger partial charge in [-0.15, -0.1) is 0 Å². The highest BCUT2D eigenvalue weighted by molar-refractivity contribution is 5.78. The molecule has 0 unspecified atom stereocenters. The Morgan fingerprint density at radius 3 is 2.40 bits per heavy atom. The van der Waals surface area contributed by atoms with Crippen LogP contribution in [0.2, 0.25) is 0 Å². The summed E-state index contributed by atoms with van der Waals surface area (Å²) in [7, 11) is 0. The van der Waals surface area contributed by atoms with Gasteiger partial charge < -0.3 is 4.74 Å². The van der Waals surface area contributed by atoms with Crippen LogP contribution in [-0.2, 0) is 9.53 Å². The van der Waals surface area contributed by atoms with E-state index in [9.17, 15) is 4.79 Å². The van der Waals surface area contributed by atoms with E-state index in [0.717, 1.165) is 19.4 Å². The molecule has 2 heteroatoms. The van der Waals surface area contributed by atoms with Crippen molar-refractivity contribution in [3.63, 3.8) is 0 Å². The second-order valence-corrected chi connectivity index (χ2v) is 5.18. The fourth-order valence-electron chi connectivity index (χ4n) is 1.26. The van der Waals surface area contributed by atoms with Crippen LogP contribution < -0.4 is 0 Å². The summed E-state index contributed by atoms with van der Waals surface area (Å²) in [4.78, 5) is 11.2. The summed E-state index contributed by atoms with van der Waals surface area (Å²) in [5, 5.41) is 0. The molecule has 0 saturated carbocycles. The van der Waals surface area contributed by atoms with Crippen molar-refractivity contribution in [1.82, 2.24) is 0 Å². The van der Waals surface area contributed by atoms with Crippen molar-refractivity contribution >= 4 is 5.78 Å². The molecule has 0 amide bonds. The molecule has 15 heavy (non-hydrogen) atoms. The highest BCUT2D eigenvalue weighted by atomic mass is 16.5. The molecule has 0 radical (unpaired) electrons. The zero-order valence-corrected chi connectivity index (χ0v) is 10.9. The first kappa shape index (κ1) is 14.6. The zero-order valence-electron chi connectivity index (χ0n) is 10.9. The van der Waals surface area contributed by atoms with Gasteiger partial charge in [-0.2, -0.15) is 0 Å². The van der Waals surface area contributed by atoms with E-state index in [1.165, 1.54) is 0 Å². The summed E-state index contributed by atoms with van der Waals surface area (Å²) in [6.07, 6.45) is 3.20. The molecule has 0 spiro atoms. The maximum Gasteiger partial charge on any atom is 0.132 e. The second-order valence-electron chi connectivity index (χ2n) is 5.18. The minimum Gasteiger partial charge on any atom is -0.376 e. The fraction of sp³-hybridized carbons (Fsp3) is 0.923. The molecule has 0 aliphatic carbocycles. The average molecular weight is 214 g/mol. The Balaban J connectivity index is 3.71. The molecule has 0 saturated heterocycles. The van der Waals surface area contributed by atoms with Crippen LogP contribution in [0.5, 0.6) is 0 Å². The van der Waals surface area contributed by atoms with Gasteiger partial charge in [-0.25, -0.2) is 0 Å². The van der Waals surface area contributed by atoms with Crippen LogP contribution >= 0.6 is 0 Å². The molecular weight excluding hydrogens is 188 g/mol. The van der Waals surface area contributed by atoms with Gasteiger partial charge in [0.15, 0.2) is 0 Å². The number of Topliss-reactive ketones (excluding diaryl/α,β-unsaturated/α-hetero) is 1. The number of ether oxygens (including phenoxy) is 1. The van der Waals surface area contributed by atoms with Crippen molar-refractivity contribution in [3.8, 4) is 0 Å². The number of hydrogen-bond donors (Lipinski definition) is 0. The molecule has 0 aromatic heterocycles. The summed E-state index contributed by atoms with van der Waals surface area (Å²) in [5.41, 5.74) is -0.153. The Bertz CT molecular complexity index is 183. The van der Waals surface area contributed by atoms with E-state index in [0.29, 0.717) is 24.5 Å². The molecule has 0 aromatic carbocycles. The maximum atomic E-state index is 11.2. The van der Waals surface area contributed by atoms with Crippen LogP contribution in [0, 0.1) is 5.92 Å². The van der Waals surface area contributed by atoms with Crippen LogP contribution in [0.25, 0.3) is 0 Å². The number of carbonyl (C=O) groups is 1. The van der Waals surface area contributed by atoms with Crippen molar-refractivity contribution in [2.75, 3.05) is 6.61 Å². The standard InChI is InChI=1S/C13H26O2/c1-6-12(14)7-9-13(4,5)15-10-8-11(2)3/h11H,6-10H2,1-5H3. The maximum absolute atomic E-state index is 11.2. The van der Waals surface area contributed by atoms with E-state index in [2.05, 4.69) is 27.7 Å². The molecule has 0 N–H and O–H groups in total. The smallest absolute Gasteiger partial charge is 0.132 e. The lowest BCUT2D eigenvalue weighted by molar-refractivity contribution is -0.120. The van der Waals surface area contributed by atoms with Gasteiger partial charge in [0.1, 0.15) is 5.78 Å². The Kier molecular flexibility index (Phi) is 6.82. The first-order chi connectivity index (χ1) is 6.87. The van der Waals surface area contributed by atoms with E-state index in [1.54, 1.807) is 0 Å². The second kappa shape index (κ2) is 7.00. The normalized spacial score (nSPS) is 12.1. The number of carbonyl (C=O) groups excluding carboxylic acids is 1. The van der Waals surface area contributed by atoms with Gasteiger partial charge in [-0.05, 0) is 32.6 Å². The van der Waals surface area contributed by atoms with Crippen molar-refractivity contribution in [3.05, 3.63) is 0 Å². The third-order valence-electron chi connectivity index (χ3n) is 2.59. The van der Waals surface area contributed by atoms with Gasteiger partial charge in [-0.1, -0.05) is 20.8 Å². The Morgan fingerprint density at radius 1 is 1.33 bits per heavy atom. The highest BCUT2D eigenvalue weighted by Gasteiger charge is 2.19. The highest BCUT2D eigenvalue weighted by Crippen LogP contribution is 2.18. The van der Waals surface area contributed by atoms with Crippen LogP contribution in [0.1, 0.15) is 60.3 Å². The lowest BCUT2D eigenvalue weighted by Gasteiger charge is -2.25. The zero-order chi connectivity index (χ0) is 11.9. The quantitative estimate of drug-likeness (QED) is 0.617. The Morgan fingerprint density at radius 2 is 1.93 bits per heavy atom. The van der Waals surface area contributed by atoms with Crippen molar-refractivity contribution < 1.29 is 9.53 Å². The SMILES string of the molecule is CCC(=O)CCC(C)(C)OCCC(C)C. The van der Waals surface area contributed by atoms with Crippen LogP contribution in [0.15, 0.2) is 0 Å². The fourth-order valence-corrected chi connectivity index (χ4v) is 1.26. The lowest BCUT2D eigenvalue weighted by atomic mass is 9.99. The van der Waals surface area contributed by atoms with Crippen LogP contribution in [-0.4, -0.2) is 18.0 Å². The third kappa shape index (κ3) is 8.61. The Hall–Kier alpha value is -0.370. The van der Waals surface area contributed by atoms with Gasteiger partial charge >= 0.3 is 0 Å². The summed E-state index contributed by atoms with van der Waals surface area (Å²) in [6.45, 7) is 11.2. The van der Waals surface area contributed by atoms with Crippen LogP contribution in [0.3, 0.4) is 0 Å². The monoisotopic (exact) mass is 214 g/mol. The van der Waals surface area contributed by atoms with E-state index < -0.39 is 0 Å². The number of hydrogen-bond acceptors (Lipinski definition) is 2. The summed E-state index contributed by atoms with van der Waals surface area (Å²) in [6, 6.07) is 0. The van der Waals surface area contributed by atoms with Crippen molar-refractivity contribution in [1.29, 1.82) is 0 Å². The summed E-state index contributed by atoms with van der Waals surface area (Å²) >= 11 is 0. The predicted octanol–water partition coefficient (Wildman–Crippen LogP) is 3.59. The van der Waals surface area contributed by atoms with E-state index in [1.807, 2.05) is 6.92 Å². The molecule has 0 heterocycles. The molecule has 90 valence electrons. The first-order valence-corrected chi connectivity index (χ1v) is 6.03. The van der Waals surface area contributed by atoms with E-state index >= 15 is 0 Å². The molecule has 0 rings (SSSR count). The molecule has 0 aromatic rings. The summed E-state index contributed by atoms with van der Waals surface area (Å²) < 4.78 is 5.78. The molecule has 0 aliphatic heterocycles. The van der Waals surface area contributed by atoms with E-state index in [4.69, 9.17) is 4.74 Å². The van der Waals surface area contributed by atoms with Crippen molar-refractivity contribution in [2.24, 2.45) is 5.92 Å². The molecular formula is C13H26O2. The minimum atomic E-state index is -0.153. The topological polar surface area (TPSA) is 26.3 Å². The number of rotatable bonds is 8. The minimum absolute atomic E-state index is 0.153. The van der Waals surface area contributed by atoms with Gasteiger partial charge in [-0.3, -0.25) is 4.79 Å². The average Bonchev–Trinajstić information content (AvgIpc) is 2.13. The van der Waals surface area contributed by atoms with Gasteiger partial charge in [0.25, 0.3) is 0 Å². The van der Waals surface area contributed by atoms with E-state index in [-0.39, 0.29) is 5.60 Å². The lowest BCUT2D eigenvalue weighted by Crippen LogP contribution is -2.26. The number of ketones is 1. The van der Waals surface area contributed by atoms with Gasteiger partial charge in [0.2, 0.25) is 0 Å². The first-order valence-electron chi connectivity index (χ1n) is 6.03. The largest absolute Gasteiger partial charge is 0.376 e. The van der Waals surface area contributed by atoms with Crippen LogP contribution in [0.4, 0.5) is 0 Å².